The van der Waals surface area contributed by atoms with Gasteiger partial charge in [-0.05, 0) is 23.8 Å². The molecule has 4 rings (SSSR count). The van der Waals surface area contributed by atoms with Gasteiger partial charge in [0.1, 0.15) is 17.9 Å². The van der Waals surface area contributed by atoms with Gasteiger partial charge in [0.05, 0.1) is 19.1 Å². The van der Waals surface area contributed by atoms with Crippen LogP contribution in [0.4, 0.5) is 9.18 Å². The van der Waals surface area contributed by atoms with Crippen molar-refractivity contribution < 1.29 is 18.7 Å². The SMILES string of the molecule is COC(=O)[C@@H](Cc1ccccc1)NC(=O)N1CCc2[nH]cnc2[C@@H]1c1cc(Cl)ccc1F. The summed E-state index contributed by atoms with van der Waals surface area (Å²) in [7, 11) is 1.27. The van der Waals surface area contributed by atoms with E-state index in [4.69, 9.17) is 16.3 Å². The summed E-state index contributed by atoms with van der Waals surface area (Å²) >= 11 is 6.12. The molecule has 7 nitrogen and oxygen atoms in total. The molecule has 2 aromatic carbocycles. The van der Waals surface area contributed by atoms with E-state index in [0.717, 1.165) is 11.3 Å². The lowest BCUT2D eigenvalue weighted by molar-refractivity contribution is -0.142. The summed E-state index contributed by atoms with van der Waals surface area (Å²) in [5.41, 5.74) is 2.48. The third kappa shape index (κ3) is 4.45. The number of nitrogens with zero attached hydrogens (tertiary/aromatic N) is 2. The molecule has 0 saturated carbocycles. The topological polar surface area (TPSA) is 87.3 Å². The summed E-state index contributed by atoms with van der Waals surface area (Å²) in [6.07, 6.45) is 2.30. The van der Waals surface area contributed by atoms with Crippen LogP contribution in [0.25, 0.3) is 0 Å². The molecule has 0 aliphatic carbocycles. The average Bonchev–Trinajstić information content (AvgIpc) is 3.28. The van der Waals surface area contributed by atoms with Crippen LogP contribution in [-0.2, 0) is 22.4 Å². The zero-order valence-electron chi connectivity index (χ0n) is 17.3. The highest BCUT2D eigenvalue weighted by Crippen LogP contribution is 2.35. The number of imidazole rings is 1. The maximum Gasteiger partial charge on any atom is 0.328 e. The van der Waals surface area contributed by atoms with E-state index in [0.29, 0.717) is 23.7 Å². The number of hydrogen-bond donors (Lipinski definition) is 2. The first-order valence-electron chi connectivity index (χ1n) is 10.1. The number of ether oxygens (including phenoxy) is 1. The molecule has 3 aromatic rings. The average molecular weight is 457 g/mol. The number of aromatic amines is 1. The Morgan fingerprint density at radius 1 is 1.31 bits per heavy atom. The maximum absolute atomic E-state index is 14.8. The Labute approximate surface area is 189 Å². The van der Waals surface area contributed by atoms with E-state index in [2.05, 4.69) is 15.3 Å². The van der Waals surface area contributed by atoms with Crippen molar-refractivity contribution >= 4 is 23.6 Å². The standard InChI is InChI=1S/C23H22ClFN4O3/c1-32-22(30)19(11-14-5-3-2-4-6-14)28-23(31)29-10-9-18-20(27-13-26-18)21(29)16-12-15(24)7-8-17(16)25/h2-8,12-13,19,21H,9-11H2,1H3,(H,26,27)(H,28,31)/t19-,21+/m1/s1. The van der Waals surface area contributed by atoms with Gasteiger partial charge in [0.25, 0.3) is 0 Å². The number of amides is 2. The fourth-order valence-electron chi connectivity index (χ4n) is 3.95. The lowest BCUT2D eigenvalue weighted by atomic mass is 9.95. The molecule has 0 bridgehead atoms. The highest BCUT2D eigenvalue weighted by molar-refractivity contribution is 6.30. The van der Waals surface area contributed by atoms with E-state index >= 15 is 0 Å². The number of aromatic nitrogens is 2. The molecule has 2 N–H and O–H groups in total. The van der Waals surface area contributed by atoms with Crippen LogP contribution in [0.5, 0.6) is 0 Å². The monoisotopic (exact) mass is 456 g/mol. The fraction of sp³-hybridized carbons (Fsp3) is 0.261. The molecule has 0 radical (unpaired) electrons. The highest BCUT2D eigenvalue weighted by atomic mass is 35.5. The second-order valence-corrected chi connectivity index (χ2v) is 7.93. The smallest absolute Gasteiger partial charge is 0.328 e. The van der Waals surface area contributed by atoms with E-state index in [-0.39, 0.29) is 12.0 Å². The molecule has 0 fully saturated rings. The lowest BCUT2D eigenvalue weighted by Crippen LogP contribution is -2.52. The van der Waals surface area contributed by atoms with Gasteiger partial charge in [-0.2, -0.15) is 0 Å². The van der Waals surface area contributed by atoms with E-state index in [1.165, 1.54) is 36.5 Å². The van der Waals surface area contributed by atoms with E-state index < -0.39 is 29.9 Å². The number of methoxy groups -OCH3 is 1. The summed E-state index contributed by atoms with van der Waals surface area (Å²) in [6.45, 7) is 0.302. The Kier molecular flexibility index (Phi) is 6.41. The Bertz CT molecular complexity index is 1120. The number of H-pyrrole nitrogens is 1. The highest BCUT2D eigenvalue weighted by Gasteiger charge is 2.37. The van der Waals surface area contributed by atoms with E-state index in [9.17, 15) is 14.0 Å². The van der Waals surface area contributed by atoms with Crippen LogP contribution in [0.2, 0.25) is 5.02 Å². The number of urea groups is 1. The molecule has 2 amide bonds. The largest absolute Gasteiger partial charge is 0.467 e. The second-order valence-electron chi connectivity index (χ2n) is 7.49. The van der Waals surface area contributed by atoms with Crippen molar-refractivity contribution in [1.82, 2.24) is 20.2 Å². The van der Waals surface area contributed by atoms with E-state index in [1.54, 1.807) is 0 Å². The van der Waals surface area contributed by atoms with Crippen molar-refractivity contribution in [2.24, 2.45) is 0 Å². The molecule has 32 heavy (non-hydrogen) atoms. The molecule has 1 aliphatic heterocycles. The molecule has 0 spiro atoms. The summed E-state index contributed by atoms with van der Waals surface area (Å²) in [5, 5.41) is 3.11. The van der Waals surface area contributed by atoms with Gasteiger partial charge in [-0.25, -0.2) is 19.0 Å². The zero-order chi connectivity index (χ0) is 22.7. The number of esters is 1. The molecule has 2 heterocycles. The number of benzene rings is 2. The van der Waals surface area contributed by atoms with Crippen LogP contribution in [0.1, 0.15) is 28.6 Å². The second kappa shape index (κ2) is 9.40. The third-order valence-electron chi connectivity index (χ3n) is 5.50. The van der Waals surface area contributed by atoms with Crippen molar-refractivity contribution in [2.75, 3.05) is 13.7 Å². The number of carbonyl (C=O) groups is 2. The zero-order valence-corrected chi connectivity index (χ0v) is 18.1. The third-order valence-corrected chi connectivity index (χ3v) is 5.74. The number of fused-ring (bicyclic) bond motifs is 1. The first-order chi connectivity index (χ1) is 15.5. The van der Waals surface area contributed by atoms with Crippen LogP contribution in [0.15, 0.2) is 54.9 Å². The normalized spacial score (nSPS) is 16.2. The molecular formula is C23H22ClFN4O3. The number of rotatable bonds is 5. The molecule has 2 atom stereocenters. The van der Waals surface area contributed by atoms with Gasteiger partial charge in [0.2, 0.25) is 0 Å². The molecular weight excluding hydrogens is 435 g/mol. The lowest BCUT2D eigenvalue weighted by Gasteiger charge is -2.36. The molecule has 1 aliphatic rings. The van der Waals surface area contributed by atoms with Crippen LogP contribution in [0.3, 0.4) is 0 Å². The van der Waals surface area contributed by atoms with Gasteiger partial charge in [-0.3, -0.25) is 0 Å². The predicted molar refractivity (Wildman–Crippen MR) is 117 cm³/mol. The van der Waals surface area contributed by atoms with Crippen LogP contribution < -0.4 is 5.32 Å². The summed E-state index contributed by atoms with van der Waals surface area (Å²) < 4.78 is 19.7. The van der Waals surface area contributed by atoms with Crippen LogP contribution in [0, 0.1) is 5.82 Å². The minimum Gasteiger partial charge on any atom is -0.467 e. The Morgan fingerprint density at radius 3 is 2.84 bits per heavy atom. The molecule has 0 unspecified atom stereocenters. The van der Waals surface area contributed by atoms with Gasteiger partial charge in [0.15, 0.2) is 0 Å². The first kappa shape index (κ1) is 21.8. The number of halogens is 2. The van der Waals surface area contributed by atoms with Crippen molar-refractivity contribution in [2.45, 2.75) is 24.9 Å². The van der Waals surface area contributed by atoms with Gasteiger partial charge in [0, 0.05) is 35.7 Å². The van der Waals surface area contributed by atoms with Crippen molar-refractivity contribution in [3.8, 4) is 0 Å². The van der Waals surface area contributed by atoms with Gasteiger partial charge in [-0.1, -0.05) is 41.9 Å². The molecule has 166 valence electrons. The van der Waals surface area contributed by atoms with Crippen molar-refractivity contribution in [1.29, 1.82) is 0 Å². The summed E-state index contributed by atoms with van der Waals surface area (Å²) in [4.78, 5) is 34.6. The molecule has 9 heteroatoms. The van der Waals surface area contributed by atoms with Gasteiger partial charge >= 0.3 is 12.0 Å². The Balaban J connectivity index is 1.64. The van der Waals surface area contributed by atoms with Gasteiger partial charge < -0.3 is 19.9 Å². The molecule has 1 aromatic heterocycles. The summed E-state index contributed by atoms with van der Waals surface area (Å²) in [6, 6.07) is 11.3. The quantitative estimate of drug-likeness (QED) is 0.574. The molecule has 0 saturated heterocycles. The maximum atomic E-state index is 14.8. The number of hydrogen-bond acceptors (Lipinski definition) is 4. The number of nitrogens with one attached hydrogen (secondary N) is 2. The van der Waals surface area contributed by atoms with Gasteiger partial charge in [-0.15, -0.1) is 0 Å². The number of carbonyl (C=O) groups excluding carboxylic acids is 2. The Hall–Kier alpha value is -3.39. The van der Waals surface area contributed by atoms with Crippen molar-refractivity contribution in [3.63, 3.8) is 0 Å². The minimum atomic E-state index is -0.902. The van der Waals surface area contributed by atoms with E-state index in [1.807, 2.05) is 30.3 Å². The van der Waals surface area contributed by atoms with Crippen LogP contribution >= 0.6 is 11.6 Å². The summed E-state index contributed by atoms with van der Waals surface area (Å²) in [5.74, 6) is -1.06. The Morgan fingerprint density at radius 2 is 2.09 bits per heavy atom. The fourth-order valence-corrected chi connectivity index (χ4v) is 4.13. The minimum absolute atomic E-state index is 0.235. The van der Waals surface area contributed by atoms with Crippen LogP contribution in [-0.4, -0.2) is 46.6 Å². The first-order valence-corrected chi connectivity index (χ1v) is 10.5. The van der Waals surface area contributed by atoms with Crippen molar-refractivity contribution in [3.05, 3.63) is 88.2 Å². The predicted octanol–water partition coefficient (Wildman–Crippen LogP) is 3.64.